The first kappa shape index (κ1) is 12.2. The van der Waals surface area contributed by atoms with E-state index in [1.54, 1.807) is 0 Å². The van der Waals surface area contributed by atoms with Crippen molar-refractivity contribution in [1.82, 2.24) is 4.90 Å². The van der Waals surface area contributed by atoms with Crippen LogP contribution in [-0.4, -0.2) is 35.1 Å². The number of nitrogens with zero attached hydrogens (tertiary/aromatic N) is 2. The van der Waals surface area contributed by atoms with Gasteiger partial charge in [0.05, 0.1) is 0 Å². The molecule has 0 amide bonds. The fourth-order valence-corrected chi connectivity index (χ4v) is 1.22. The van der Waals surface area contributed by atoms with Crippen LogP contribution in [0.25, 0.3) is 0 Å². The maximum absolute atomic E-state index is 8.36. The Hall–Kier alpha value is -0.770. The molecule has 0 aromatic carbocycles. The van der Waals surface area contributed by atoms with Crippen LogP contribution < -0.4 is 5.73 Å². The average molecular weight is 187 g/mol. The number of hydrogen-bond donors (Lipinski definition) is 2. The van der Waals surface area contributed by atoms with Gasteiger partial charge >= 0.3 is 0 Å². The molecule has 0 aliphatic carbocycles. The van der Waals surface area contributed by atoms with Gasteiger partial charge in [-0.3, -0.25) is 0 Å². The minimum atomic E-state index is 0.307. The van der Waals surface area contributed by atoms with Gasteiger partial charge in [-0.15, -0.1) is 0 Å². The molecular weight excluding hydrogens is 166 g/mol. The van der Waals surface area contributed by atoms with E-state index in [9.17, 15) is 0 Å². The highest BCUT2D eigenvalue weighted by Gasteiger charge is 2.08. The minimum Gasteiger partial charge on any atom is -0.409 e. The van der Waals surface area contributed by atoms with Gasteiger partial charge < -0.3 is 15.8 Å². The minimum absolute atomic E-state index is 0.307. The lowest BCUT2D eigenvalue weighted by molar-refractivity contribution is 0.227. The van der Waals surface area contributed by atoms with Gasteiger partial charge in [0.25, 0.3) is 0 Å². The zero-order valence-electron chi connectivity index (χ0n) is 8.82. The van der Waals surface area contributed by atoms with E-state index in [2.05, 4.69) is 30.8 Å². The molecule has 0 heterocycles. The van der Waals surface area contributed by atoms with Crippen LogP contribution in [0.5, 0.6) is 0 Å². The van der Waals surface area contributed by atoms with Crippen molar-refractivity contribution in [3.8, 4) is 0 Å². The first-order valence-electron chi connectivity index (χ1n) is 4.82. The van der Waals surface area contributed by atoms with Crippen LogP contribution in [0.3, 0.4) is 0 Å². The fraction of sp³-hybridized carbons (Fsp3) is 0.889. The van der Waals surface area contributed by atoms with E-state index in [0.29, 0.717) is 18.3 Å². The summed E-state index contributed by atoms with van der Waals surface area (Å²) in [6.45, 7) is 8.39. The van der Waals surface area contributed by atoms with E-state index in [1.165, 1.54) is 0 Å². The number of rotatable bonds is 6. The first-order valence-corrected chi connectivity index (χ1v) is 4.82. The lowest BCUT2D eigenvalue weighted by atomic mass is 10.2. The number of amidine groups is 1. The van der Waals surface area contributed by atoms with Crippen molar-refractivity contribution in [3.63, 3.8) is 0 Å². The van der Waals surface area contributed by atoms with Crippen molar-refractivity contribution in [2.24, 2.45) is 10.9 Å². The average Bonchev–Trinajstić information content (AvgIpc) is 2.11. The molecule has 0 rings (SSSR count). The molecule has 78 valence electrons. The summed E-state index contributed by atoms with van der Waals surface area (Å²) in [6.07, 6.45) is 1.77. The van der Waals surface area contributed by atoms with Crippen LogP contribution in [0, 0.1) is 0 Å². The summed E-state index contributed by atoms with van der Waals surface area (Å²) in [5.41, 5.74) is 5.39. The Balaban J connectivity index is 3.82. The molecule has 4 nitrogen and oxygen atoms in total. The van der Waals surface area contributed by atoms with Crippen LogP contribution >= 0.6 is 0 Å². The molecule has 0 aliphatic heterocycles. The Bertz CT molecular complexity index is 157. The molecule has 13 heavy (non-hydrogen) atoms. The first-order chi connectivity index (χ1) is 6.11. The maximum atomic E-state index is 8.36. The van der Waals surface area contributed by atoms with Crippen LogP contribution in [0.2, 0.25) is 0 Å². The van der Waals surface area contributed by atoms with Crippen molar-refractivity contribution in [1.29, 1.82) is 0 Å². The van der Waals surface area contributed by atoms with Crippen LogP contribution in [0.1, 0.15) is 33.6 Å². The Morgan fingerprint density at radius 3 is 2.46 bits per heavy atom. The van der Waals surface area contributed by atoms with E-state index in [1.807, 2.05) is 0 Å². The zero-order chi connectivity index (χ0) is 10.3. The van der Waals surface area contributed by atoms with E-state index < -0.39 is 0 Å². The Morgan fingerprint density at radius 1 is 1.46 bits per heavy atom. The van der Waals surface area contributed by atoms with Crippen molar-refractivity contribution in [3.05, 3.63) is 0 Å². The highest BCUT2D eigenvalue weighted by molar-refractivity contribution is 5.79. The summed E-state index contributed by atoms with van der Waals surface area (Å²) in [6, 6.07) is 0.520. The van der Waals surface area contributed by atoms with Gasteiger partial charge in [0.1, 0.15) is 5.84 Å². The molecule has 0 aliphatic rings. The molecule has 0 fully saturated rings. The topological polar surface area (TPSA) is 61.8 Å². The van der Waals surface area contributed by atoms with Gasteiger partial charge in [0, 0.05) is 19.0 Å². The Morgan fingerprint density at radius 2 is 2.08 bits per heavy atom. The van der Waals surface area contributed by atoms with E-state index in [0.717, 1.165) is 19.5 Å². The Labute approximate surface area is 80.4 Å². The standard InChI is InChI=1S/C9H21N3O/c1-4-6-12(8(2)3)7-5-9(10)11-13/h8,13H,4-7H2,1-3H3,(H2,10,11). The van der Waals surface area contributed by atoms with Crippen LogP contribution in [0.15, 0.2) is 5.16 Å². The number of hydrogen-bond acceptors (Lipinski definition) is 3. The van der Waals surface area contributed by atoms with Gasteiger partial charge in [-0.05, 0) is 26.8 Å². The molecular formula is C9H21N3O. The highest BCUT2D eigenvalue weighted by atomic mass is 16.4. The van der Waals surface area contributed by atoms with Crippen molar-refractivity contribution in [2.45, 2.75) is 39.7 Å². The molecule has 3 N–H and O–H groups in total. The third-order valence-corrected chi connectivity index (χ3v) is 2.02. The van der Waals surface area contributed by atoms with E-state index >= 15 is 0 Å². The quantitative estimate of drug-likeness (QED) is 0.285. The van der Waals surface area contributed by atoms with Gasteiger partial charge in [-0.25, -0.2) is 0 Å². The molecule has 0 saturated heterocycles. The smallest absolute Gasteiger partial charge is 0.140 e. The lowest BCUT2D eigenvalue weighted by Crippen LogP contribution is -2.34. The second-order valence-corrected chi connectivity index (χ2v) is 3.47. The summed E-state index contributed by atoms with van der Waals surface area (Å²) in [5, 5.41) is 11.3. The van der Waals surface area contributed by atoms with Crippen molar-refractivity contribution < 1.29 is 5.21 Å². The Kier molecular flexibility index (Phi) is 6.32. The molecule has 0 saturated carbocycles. The number of nitrogens with two attached hydrogens (primary N) is 1. The third-order valence-electron chi connectivity index (χ3n) is 2.02. The molecule has 0 spiro atoms. The molecule has 0 aromatic rings. The largest absolute Gasteiger partial charge is 0.409 e. The molecule has 0 radical (unpaired) electrons. The normalized spacial score (nSPS) is 12.8. The highest BCUT2D eigenvalue weighted by Crippen LogP contribution is 2.00. The predicted octanol–water partition coefficient (Wildman–Crippen LogP) is 1.24. The SMILES string of the molecule is CCCN(CC/C(N)=N/O)C(C)C. The summed E-state index contributed by atoms with van der Waals surface area (Å²) >= 11 is 0. The molecule has 0 aromatic heterocycles. The van der Waals surface area contributed by atoms with Crippen LogP contribution in [0.4, 0.5) is 0 Å². The summed E-state index contributed by atoms with van der Waals surface area (Å²) < 4.78 is 0. The van der Waals surface area contributed by atoms with Crippen LogP contribution in [-0.2, 0) is 0 Å². The van der Waals surface area contributed by atoms with Gasteiger partial charge in [0.2, 0.25) is 0 Å². The second kappa shape index (κ2) is 6.71. The van der Waals surface area contributed by atoms with E-state index in [-0.39, 0.29) is 0 Å². The summed E-state index contributed by atoms with van der Waals surface area (Å²) in [5.74, 6) is 0.307. The lowest BCUT2D eigenvalue weighted by Gasteiger charge is -2.25. The fourth-order valence-electron chi connectivity index (χ4n) is 1.22. The zero-order valence-corrected chi connectivity index (χ0v) is 8.82. The maximum Gasteiger partial charge on any atom is 0.140 e. The van der Waals surface area contributed by atoms with Gasteiger partial charge in [-0.2, -0.15) is 0 Å². The monoisotopic (exact) mass is 187 g/mol. The van der Waals surface area contributed by atoms with Gasteiger partial charge in [0.15, 0.2) is 0 Å². The summed E-state index contributed by atoms with van der Waals surface area (Å²) in [4.78, 5) is 2.32. The molecule has 4 heteroatoms. The molecule has 0 bridgehead atoms. The van der Waals surface area contributed by atoms with Crippen molar-refractivity contribution >= 4 is 5.84 Å². The van der Waals surface area contributed by atoms with E-state index in [4.69, 9.17) is 10.9 Å². The predicted molar refractivity (Wildman–Crippen MR) is 55.0 cm³/mol. The molecule has 0 atom stereocenters. The number of oxime groups is 1. The second-order valence-electron chi connectivity index (χ2n) is 3.47. The molecule has 0 unspecified atom stereocenters. The summed E-state index contributed by atoms with van der Waals surface area (Å²) in [7, 11) is 0. The third kappa shape index (κ3) is 5.47. The van der Waals surface area contributed by atoms with Gasteiger partial charge in [-0.1, -0.05) is 12.1 Å². The van der Waals surface area contributed by atoms with Crippen molar-refractivity contribution in [2.75, 3.05) is 13.1 Å².